The van der Waals surface area contributed by atoms with Crippen LogP contribution in [0.1, 0.15) is 18.1 Å². The Morgan fingerprint density at radius 3 is 2.89 bits per heavy atom. The number of rotatable bonds is 5. The number of thiophene rings is 1. The van der Waals surface area contributed by atoms with Gasteiger partial charge in [-0.05, 0) is 47.9 Å². The molecule has 1 N–H and O–H groups in total. The fraction of sp³-hybridized carbons (Fsp3) is 0.286. The van der Waals surface area contributed by atoms with Crippen LogP contribution in [0.25, 0.3) is 0 Å². The molecule has 0 amide bonds. The molecule has 1 unspecified atom stereocenters. The van der Waals surface area contributed by atoms with Crippen molar-refractivity contribution in [3.05, 3.63) is 57.0 Å². The van der Waals surface area contributed by atoms with Crippen molar-refractivity contribution in [2.24, 2.45) is 0 Å². The predicted molar refractivity (Wildman–Crippen MR) is 75.7 cm³/mol. The molecule has 1 atom stereocenters. The Labute approximate surface area is 116 Å². The minimum Gasteiger partial charge on any atom is -0.310 e. The Hall–Kier alpha value is -0.900. The molecule has 1 aromatic carbocycles. The summed E-state index contributed by atoms with van der Waals surface area (Å²) < 4.78 is 13.6. The van der Waals surface area contributed by atoms with Gasteiger partial charge in [0, 0.05) is 23.2 Å². The van der Waals surface area contributed by atoms with E-state index >= 15 is 0 Å². The highest BCUT2D eigenvalue weighted by Gasteiger charge is 2.09. The van der Waals surface area contributed by atoms with Crippen LogP contribution in [0.4, 0.5) is 4.39 Å². The van der Waals surface area contributed by atoms with Crippen LogP contribution < -0.4 is 5.32 Å². The molecule has 0 bridgehead atoms. The molecule has 0 spiro atoms. The minimum absolute atomic E-state index is 0.252. The van der Waals surface area contributed by atoms with Crippen LogP contribution in [0, 0.1) is 5.82 Å². The monoisotopic (exact) mass is 283 g/mol. The van der Waals surface area contributed by atoms with Crippen molar-refractivity contribution in [2.45, 2.75) is 25.9 Å². The van der Waals surface area contributed by atoms with Gasteiger partial charge in [0.15, 0.2) is 0 Å². The van der Waals surface area contributed by atoms with Crippen molar-refractivity contribution in [2.75, 3.05) is 0 Å². The van der Waals surface area contributed by atoms with E-state index in [1.165, 1.54) is 11.6 Å². The van der Waals surface area contributed by atoms with Gasteiger partial charge < -0.3 is 5.32 Å². The highest BCUT2D eigenvalue weighted by atomic mass is 35.5. The minimum atomic E-state index is -0.252. The lowest BCUT2D eigenvalue weighted by Gasteiger charge is -2.14. The fourth-order valence-electron chi connectivity index (χ4n) is 1.81. The molecule has 96 valence electrons. The molecule has 1 nitrogen and oxygen atoms in total. The van der Waals surface area contributed by atoms with E-state index in [4.69, 9.17) is 11.6 Å². The first-order valence-corrected chi connectivity index (χ1v) is 7.16. The summed E-state index contributed by atoms with van der Waals surface area (Å²) in [4.78, 5) is 0. The first kappa shape index (κ1) is 13.5. The van der Waals surface area contributed by atoms with E-state index in [9.17, 15) is 4.39 Å². The normalized spacial score (nSPS) is 12.6. The highest BCUT2D eigenvalue weighted by Crippen LogP contribution is 2.19. The summed E-state index contributed by atoms with van der Waals surface area (Å²) in [5.74, 6) is -0.252. The quantitative estimate of drug-likeness (QED) is 0.864. The lowest BCUT2D eigenvalue weighted by Crippen LogP contribution is -2.27. The van der Waals surface area contributed by atoms with E-state index in [0.717, 1.165) is 6.42 Å². The van der Waals surface area contributed by atoms with Crippen molar-refractivity contribution >= 4 is 22.9 Å². The Morgan fingerprint density at radius 1 is 1.39 bits per heavy atom. The molecule has 18 heavy (non-hydrogen) atoms. The van der Waals surface area contributed by atoms with Gasteiger partial charge in [-0.15, -0.1) is 0 Å². The van der Waals surface area contributed by atoms with Gasteiger partial charge in [-0.25, -0.2) is 4.39 Å². The SMILES string of the molecule is CC(Cc1ccsc1)NCc1c(F)cccc1Cl. The smallest absolute Gasteiger partial charge is 0.129 e. The van der Waals surface area contributed by atoms with Crippen LogP contribution in [0.15, 0.2) is 35.0 Å². The van der Waals surface area contributed by atoms with Crippen LogP contribution in [0.3, 0.4) is 0 Å². The maximum atomic E-state index is 13.6. The molecule has 1 aromatic heterocycles. The van der Waals surface area contributed by atoms with Crippen molar-refractivity contribution in [1.82, 2.24) is 5.32 Å². The second-order valence-electron chi connectivity index (χ2n) is 4.32. The van der Waals surface area contributed by atoms with Gasteiger partial charge in [0.05, 0.1) is 0 Å². The zero-order chi connectivity index (χ0) is 13.0. The Kier molecular flexibility index (Phi) is 4.75. The summed E-state index contributed by atoms with van der Waals surface area (Å²) in [5.41, 5.74) is 1.84. The van der Waals surface area contributed by atoms with Gasteiger partial charge in [-0.1, -0.05) is 17.7 Å². The predicted octanol–water partition coefficient (Wildman–Crippen LogP) is 4.26. The molecule has 2 rings (SSSR count). The third-order valence-electron chi connectivity index (χ3n) is 2.81. The van der Waals surface area contributed by atoms with Gasteiger partial charge >= 0.3 is 0 Å². The molecular formula is C14H15ClFNS. The zero-order valence-electron chi connectivity index (χ0n) is 10.1. The summed E-state index contributed by atoms with van der Waals surface area (Å²) in [6.07, 6.45) is 0.940. The van der Waals surface area contributed by atoms with E-state index < -0.39 is 0 Å². The van der Waals surface area contributed by atoms with Crippen LogP contribution in [0.5, 0.6) is 0 Å². The Balaban J connectivity index is 1.91. The van der Waals surface area contributed by atoms with E-state index in [0.29, 0.717) is 17.1 Å². The molecule has 0 aliphatic carbocycles. The highest BCUT2D eigenvalue weighted by molar-refractivity contribution is 7.07. The van der Waals surface area contributed by atoms with E-state index in [1.807, 2.05) is 0 Å². The van der Waals surface area contributed by atoms with Gasteiger partial charge in [-0.2, -0.15) is 11.3 Å². The molecular weight excluding hydrogens is 269 g/mol. The van der Waals surface area contributed by atoms with Crippen molar-refractivity contribution < 1.29 is 4.39 Å². The van der Waals surface area contributed by atoms with Crippen molar-refractivity contribution in [3.8, 4) is 0 Å². The van der Waals surface area contributed by atoms with Gasteiger partial charge in [0.25, 0.3) is 0 Å². The van der Waals surface area contributed by atoms with Crippen LogP contribution >= 0.6 is 22.9 Å². The third kappa shape index (κ3) is 3.55. The maximum Gasteiger partial charge on any atom is 0.129 e. The van der Waals surface area contributed by atoms with E-state index in [1.54, 1.807) is 23.5 Å². The Morgan fingerprint density at radius 2 is 2.22 bits per heavy atom. The third-order valence-corrected chi connectivity index (χ3v) is 3.90. The van der Waals surface area contributed by atoms with Gasteiger partial charge in [0.2, 0.25) is 0 Å². The fourth-order valence-corrected chi connectivity index (χ4v) is 2.72. The first-order valence-electron chi connectivity index (χ1n) is 5.84. The topological polar surface area (TPSA) is 12.0 Å². The standard InChI is InChI=1S/C14H15ClFNS/c1-10(7-11-5-6-18-9-11)17-8-12-13(15)3-2-4-14(12)16/h2-6,9-10,17H,7-8H2,1H3. The van der Waals surface area contributed by atoms with Gasteiger partial charge in [-0.3, -0.25) is 0 Å². The summed E-state index contributed by atoms with van der Waals surface area (Å²) >= 11 is 7.67. The molecule has 0 aliphatic heterocycles. The first-order chi connectivity index (χ1) is 8.66. The number of nitrogens with one attached hydrogen (secondary N) is 1. The molecule has 0 fully saturated rings. The summed E-state index contributed by atoms with van der Waals surface area (Å²) in [5, 5.41) is 7.97. The second kappa shape index (κ2) is 6.32. The molecule has 0 saturated heterocycles. The number of benzene rings is 1. The average molecular weight is 284 g/mol. The molecule has 0 aliphatic rings. The second-order valence-corrected chi connectivity index (χ2v) is 5.51. The van der Waals surface area contributed by atoms with Crippen LogP contribution in [-0.2, 0) is 13.0 Å². The number of hydrogen-bond acceptors (Lipinski definition) is 2. The maximum absolute atomic E-state index is 13.6. The number of hydrogen-bond donors (Lipinski definition) is 1. The van der Waals surface area contributed by atoms with Crippen LogP contribution in [0.2, 0.25) is 5.02 Å². The lowest BCUT2D eigenvalue weighted by atomic mass is 10.1. The molecule has 1 heterocycles. The van der Waals surface area contributed by atoms with E-state index in [-0.39, 0.29) is 11.9 Å². The zero-order valence-corrected chi connectivity index (χ0v) is 11.7. The van der Waals surface area contributed by atoms with E-state index in [2.05, 4.69) is 29.1 Å². The van der Waals surface area contributed by atoms with Crippen molar-refractivity contribution in [1.29, 1.82) is 0 Å². The molecule has 2 aromatic rings. The van der Waals surface area contributed by atoms with Gasteiger partial charge in [0.1, 0.15) is 5.82 Å². The molecule has 0 saturated carbocycles. The molecule has 4 heteroatoms. The largest absolute Gasteiger partial charge is 0.310 e. The Bertz CT molecular complexity index is 478. The summed E-state index contributed by atoms with van der Waals surface area (Å²) in [7, 11) is 0. The average Bonchev–Trinajstić information content (AvgIpc) is 2.81. The molecule has 0 radical (unpaired) electrons. The lowest BCUT2D eigenvalue weighted by molar-refractivity contribution is 0.526. The van der Waals surface area contributed by atoms with Crippen molar-refractivity contribution in [3.63, 3.8) is 0 Å². The number of halogens is 2. The summed E-state index contributed by atoms with van der Waals surface area (Å²) in [6.45, 7) is 2.54. The van der Waals surface area contributed by atoms with Crippen LogP contribution in [-0.4, -0.2) is 6.04 Å². The summed E-state index contributed by atoms with van der Waals surface area (Å²) in [6, 6.07) is 7.17.